The van der Waals surface area contributed by atoms with Gasteiger partial charge in [0.25, 0.3) is 0 Å². The summed E-state index contributed by atoms with van der Waals surface area (Å²) in [5.41, 5.74) is 2.05. The molecule has 0 heterocycles. The molecule has 0 radical (unpaired) electrons. The van der Waals surface area contributed by atoms with Crippen LogP contribution in [0.2, 0.25) is 0 Å². The van der Waals surface area contributed by atoms with Gasteiger partial charge in [-0.3, -0.25) is 0 Å². The van der Waals surface area contributed by atoms with Crippen molar-refractivity contribution in [3.05, 3.63) is 83.9 Å². The van der Waals surface area contributed by atoms with E-state index < -0.39 is 12.1 Å². The number of rotatable bonds is 13. The number of carbonyl (C=O) groups is 1. The van der Waals surface area contributed by atoms with E-state index in [1.807, 2.05) is 61.7 Å². The number of methoxy groups -OCH3 is 2. The number of benzene rings is 3. The molecule has 0 fully saturated rings. The van der Waals surface area contributed by atoms with E-state index in [0.29, 0.717) is 34.9 Å². The topological polar surface area (TPSA) is 77.5 Å². The number of carbonyl (C=O) groups excluding carboxylic acids is 1. The van der Waals surface area contributed by atoms with Crippen molar-refractivity contribution >= 4 is 29.4 Å². The molecular formula is C29H33NO6S. The van der Waals surface area contributed by atoms with Gasteiger partial charge in [-0.2, -0.15) is 0 Å². The average Bonchev–Trinajstić information content (AvgIpc) is 2.95. The molecule has 0 amide bonds. The van der Waals surface area contributed by atoms with E-state index >= 15 is 0 Å². The number of nitrogens with zero attached hydrogens (tertiary/aromatic N) is 1. The smallest absolute Gasteiger partial charge is 0.338 e. The van der Waals surface area contributed by atoms with Crippen LogP contribution in [0, 0.1) is 0 Å². The maximum absolute atomic E-state index is 12.5. The summed E-state index contributed by atoms with van der Waals surface area (Å²) in [5, 5.41) is 12.2. The van der Waals surface area contributed by atoms with Crippen LogP contribution in [0.1, 0.15) is 18.1 Å². The maximum Gasteiger partial charge on any atom is 0.338 e. The normalized spacial score (nSPS) is 12.2. The third kappa shape index (κ3) is 8.28. The van der Waals surface area contributed by atoms with Gasteiger partial charge in [0.05, 0.1) is 26.3 Å². The molecule has 3 aromatic rings. The molecule has 3 aromatic carbocycles. The van der Waals surface area contributed by atoms with E-state index in [4.69, 9.17) is 19.0 Å². The van der Waals surface area contributed by atoms with Crippen LogP contribution in [0.4, 0.5) is 0 Å². The van der Waals surface area contributed by atoms with Gasteiger partial charge < -0.3 is 24.2 Å². The van der Waals surface area contributed by atoms with Gasteiger partial charge >= 0.3 is 5.97 Å². The monoisotopic (exact) mass is 523 g/mol. The van der Waals surface area contributed by atoms with Gasteiger partial charge in [0.15, 0.2) is 11.5 Å². The molecule has 0 saturated carbocycles. The number of esters is 1. The summed E-state index contributed by atoms with van der Waals surface area (Å²) in [4.78, 5) is 19.5. The standard InChI is InChI=1S/C29H33NO6S/c1-5-30(36-28-9-7-6-8-27(28)33-2)19-23(31)20-35-24-14-12-22(13-15-24)26(29(32)34-3)18-21-10-16-25(37-4)17-11-21/h6-18,23,31H,5,19-20H2,1-4H3. The molecular weight excluding hydrogens is 490 g/mol. The third-order valence-electron chi connectivity index (χ3n) is 5.50. The predicted molar refractivity (Wildman–Crippen MR) is 147 cm³/mol. The lowest BCUT2D eigenvalue weighted by atomic mass is 10.0. The second-order valence-electron chi connectivity index (χ2n) is 8.03. The summed E-state index contributed by atoms with van der Waals surface area (Å²) in [6.07, 6.45) is 3.03. The molecule has 0 aliphatic heterocycles. The second-order valence-corrected chi connectivity index (χ2v) is 8.91. The number of para-hydroxylation sites is 2. The molecule has 196 valence electrons. The minimum absolute atomic E-state index is 0.0760. The highest BCUT2D eigenvalue weighted by Gasteiger charge is 2.16. The Labute approximate surface area is 222 Å². The first kappa shape index (κ1) is 28.1. The van der Waals surface area contributed by atoms with Crippen LogP contribution in [0.3, 0.4) is 0 Å². The van der Waals surface area contributed by atoms with Gasteiger partial charge in [-0.25, -0.2) is 4.79 Å². The van der Waals surface area contributed by atoms with Crippen LogP contribution in [-0.2, 0) is 9.53 Å². The van der Waals surface area contributed by atoms with E-state index in [1.165, 1.54) is 7.11 Å². The first-order valence-corrected chi connectivity index (χ1v) is 13.1. The molecule has 0 spiro atoms. The lowest BCUT2D eigenvalue weighted by Crippen LogP contribution is -2.37. The number of aliphatic hydroxyl groups excluding tert-OH is 1. The summed E-state index contributed by atoms with van der Waals surface area (Å²) in [7, 11) is 2.95. The molecule has 0 aliphatic rings. The van der Waals surface area contributed by atoms with E-state index in [1.54, 1.807) is 54.3 Å². The minimum Gasteiger partial charge on any atom is -0.493 e. The molecule has 0 aromatic heterocycles. The lowest BCUT2D eigenvalue weighted by Gasteiger charge is -2.24. The van der Waals surface area contributed by atoms with Crippen molar-refractivity contribution in [2.45, 2.75) is 17.9 Å². The van der Waals surface area contributed by atoms with Gasteiger partial charge in [-0.1, -0.05) is 36.4 Å². The number of hydrogen-bond donors (Lipinski definition) is 1. The fourth-order valence-electron chi connectivity index (χ4n) is 3.51. The van der Waals surface area contributed by atoms with Gasteiger partial charge in [0, 0.05) is 11.4 Å². The van der Waals surface area contributed by atoms with E-state index in [9.17, 15) is 9.90 Å². The largest absolute Gasteiger partial charge is 0.493 e. The minimum atomic E-state index is -0.788. The molecule has 0 aliphatic carbocycles. The molecule has 0 saturated heterocycles. The molecule has 1 unspecified atom stereocenters. The van der Waals surface area contributed by atoms with Crippen molar-refractivity contribution in [2.24, 2.45) is 0 Å². The zero-order valence-electron chi connectivity index (χ0n) is 21.5. The quantitative estimate of drug-likeness (QED) is 0.108. The maximum atomic E-state index is 12.5. The number of thioether (sulfide) groups is 1. The molecule has 0 bridgehead atoms. The third-order valence-corrected chi connectivity index (χ3v) is 6.25. The number of ether oxygens (including phenoxy) is 3. The van der Waals surface area contributed by atoms with Crippen molar-refractivity contribution < 1.29 is 28.9 Å². The highest BCUT2D eigenvalue weighted by Crippen LogP contribution is 2.27. The Morgan fingerprint density at radius 1 is 1.00 bits per heavy atom. The molecule has 1 atom stereocenters. The van der Waals surface area contributed by atoms with E-state index in [2.05, 4.69) is 0 Å². The van der Waals surface area contributed by atoms with Crippen LogP contribution in [0.25, 0.3) is 11.6 Å². The Morgan fingerprint density at radius 3 is 2.27 bits per heavy atom. The average molecular weight is 524 g/mol. The van der Waals surface area contributed by atoms with Gasteiger partial charge in [-0.15, -0.1) is 16.8 Å². The molecule has 3 rings (SSSR count). The molecule has 1 N–H and O–H groups in total. The molecule has 8 heteroatoms. The summed E-state index contributed by atoms with van der Waals surface area (Å²) in [5.74, 6) is 1.34. The second kappa shape index (κ2) is 14.3. The first-order valence-electron chi connectivity index (χ1n) is 11.9. The zero-order valence-corrected chi connectivity index (χ0v) is 22.4. The van der Waals surface area contributed by atoms with Crippen molar-refractivity contribution in [2.75, 3.05) is 40.2 Å². The fraction of sp³-hybridized carbons (Fsp3) is 0.276. The Balaban J connectivity index is 1.61. The number of hydrogen-bond acceptors (Lipinski definition) is 8. The van der Waals surface area contributed by atoms with Crippen LogP contribution >= 0.6 is 11.8 Å². The van der Waals surface area contributed by atoms with E-state index in [0.717, 1.165) is 10.5 Å². The highest BCUT2D eigenvalue weighted by atomic mass is 32.2. The Morgan fingerprint density at radius 2 is 1.68 bits per heavy atom. The summed E-state index contributed by atoms with van der Waals surface area (Å²) < 4.78 is 16.1. The van der Waals surface area contributed by atoms with Crippen molar-refractivity contribution in [3.8, 4) is 17.2 Å². The fourth-order valence-corrected chi connectivity index (χ4v) is 3.92. The van der Waals surface area contributed by atoms with Crippen molar-refractivity contribution in [3.63, 3.8) is 0 Å². The van der Waals surface area contributed by atoms with Crippen LogP contribution in [-0.4, -0.2) is 62.4 Å². The van der Waals surface area contributed by atoms with Gasteiger partial charge in [0.2, 0.25) is 0 Å². The van der Waals surface area contributed by atoms with Gasteiger partial charge in [0.1, 0.15) is 18.5 Å². The number of likely N-dealkylation sites (N-methyl/N-ethyl adjacent to an activating group) is 1. The SMILES string of the molecule is CCN(CC(O)COc1ccc(C(=Cc2ccc(SC)cc2)C(=O)OC)cc1)Oc1ccccc1OC. The first-order chi connectivity index (χ1) is 18.0. The van der Waals surface area contributed by atoms with Crippen molar-refractivity contribution in [1.29, 1.82) is 0 Å². The Hall–Kier alpha value is -3.46. The van der Waals surface area contributed by atoms with Gasteiger partial charge in [-0.05, 0) is 66.8 Å². The Kier molecular flexibility index (Phi) is 10.9. The lowest BCUT2D eigenvalue weighted by molar-refractivity contribution is -0.133. The summed E-state index contributed by atoms with van der Waals surface area (Å²) in [6, 6.07) is 22.4. The van der Waals surface area contributed by atoms with Crippen LogP contribution < -0.4 is 14.3 Å². The number of hydroxylamine groups is 2. The van der Waals surface area contributed by atoms with Crippen molar-refractivity contribution in [1.82, 2.24) is 5.06 Å². The van der Waals surface area contributed by atoms with Crippen LogP contribution in [0.5, 0.6) is 17.2 Å². The summed E-state index contributed by atoms with van der Waals surface area (Å²) in [6.45, 7) is 2.82. The predicted octanol–water partition coefficient (Wildman–Crippen LogP) is 5.19. The molecule has 7 nitrogen and oxygen atoms in total. The number of aliphatic hydroxyl groups is 1. The van der Waals surface area contributed by atoms with Crippen LogP contribution in [0.15, 0.2) is 77.7 Å². The Bertz CT molecular complexity index is 1160. The van der Waals surface area contributed by atoms with E-state index in [-0.39, 0.29) is 13.2 Å². The summed E-state index contributed by atoms with van der Waals surface area (Å²) >= 11 is 1.66. The highest BCUT2D eigenvalue weighted by molar-refractivity contribution is 7.98. The zero-order chi connectivity index (χ0) is 26.6. The molecule has 37 heavy (non-hydrogen) atoms.